The van der Waals surface area contributed by atoms with Crippen molar-refractivity contribution in [2.75, 3.05) is 39.7 Å². The van der Waals surface area contributed by atoms with Crippen LogP contribution in [0.5, 0.6) is 0 Å². The molecule has 1 atom stereocenters. The van der Waals surface area contributed by atoms with E-state index in [1.165, 1.54) is 8.61 Å². The van der Waals surface area contributed by atoms with Crippen molar-refractivity contribution in [2.45, 2.75) is 25.3 Å². The van der Waals surface area contributed by atoms with Gasteiger partial charge in [-0.15, -0.1) is 11.6 Å². The molecular weight excluding hydrogens is 264 g/mol. The van der Waals surface area contributed by atoms with E-state index in [0.717, 1.165) is 19.3 Å². The Labute approximate surface area is 109 Å². The number of rotatable bonds is 6. The predicted octanol–water partition coefficient (Wildman–Crippen LogP) is 0.903. The average molecular weight is 285 g/mol. The number of piperidine rings is 1. The van der Waals surface area contributed by atoms with Gasteiger partial charge in [0.1, 0.15) is 0 Å². The zero-order chi connectivity index (χ0) is 12.9. The topological polar surface area (TPSA) is 49.9 Å². The van der Waals surface area contributed by atoms with Gasteiger partial charge in [-0.25, -0.2) is 0 Å². The summed E-state index contributed by atoms with van der Waals surface area (Å²) in [6, 6.07) is -0.0691. The standard InChI is InChI=1S/C10H21ClN2O3S/c1-12(7-8-16-2)17(14,15)13-6-4-3-5-10(13)9-11/h10H,3-9H2,1-2H3. The summed E-state index contributed by atoms with van der Waals surface area (Å²) in [7, 11) is -0.257. The third-order valence-corrected chi connectivity index (χ3v) is 5.45. The molecule has 7 heteroatoms. The molecule has 0 aromatic carbocycles. The van der Waals surface area contributed by atoms with Gasteiger partial charge in [0.2, 0.25) is 0 Å². The fraction of sp³-hybridized carbons (Fsp3) is 1.00. The van der Waals surface area contributed by atoms with Crippen LogP contribution in [0.25, 0.3) is 0 Å². The zero-order valence-electron chi connectivity index (χ0n) is 10.4. The Morgan fingerprint density at radius 1 is 1.47 bits per heavy atom. The van der Waals surface area contributed by atoms with E-state index < -0.39 is 10.2 Å². The molecule has 102 valence electrons. The van der Waals surface area contributed by atoms with Crippen LogP contribution in [0.15, 0.2) is 0 Å². The van der Waals surface area contributed by atoms with E-state index in [0.29, 0.717) is 25.6 Å². The monoisotopic (exact) mass is 284 g/mol. The molecule has 1 unspecified atom stereocenters. The summed E-state index contributed by atoms with van der Waals surface area (Å²) >= 11 is 5.84. The molecule has 0 bridgehead atoms. The van der Waals surface area contributed by atoms with Crippen LogP contribution in [0.4, 0.5) is 0 Å². The lowest BCUT2D eigenvalue weighted by Crippen LogP contribution is -2.50. The first-order valence-corrected chi connectivity index (χ1v) is 7.75. The maximum atomic E-state index is 12.3. The van der Waals surface area contributed by atoms with Crippen LogP contribution in [0.1, 0.15) is 19.3 Å². The molecule has 0 aromatic rings. The largest absolute Gasteiger partial charge is 0.383 e. The van der Waals surface area contributed by atoms with Crippen molar-refractivity contribution < 1.29 is 13.2 Å². The van der Waals surface area contributed by atoms with E-state index >= 15 is 0 Å². The quantitative estimate of drug-likeness (QED) is 0.681. The summed E-state index contributed by atoms with van der Waals surface area (Å²) in [5.74, 6) is 0.358. The minimum Gasteiger partial charge on any atom is -0.383 e. The van der Waals surface area contributed by atoms with Crippen molar-refractivity contribution in [3.63, 3.8) is 0 Å². The highest BCUT2D eigenvalue weighted by atomic mass is 35.5. The van der Waals surface area contributed by atoms with Crippen molar-refractivity contribution in [3.05, 3.63) is 0 Å². The van der Waals surface area contributed by atoms with Gasteiger partial charge in [-0.05, 0) is 12.8 Å². The lowest BCUT2D eigenvalue weighted by atomic mass is 10.1. The van der Waals surface area contributed by atoms with Gasteiger partial charge < -0.3 is 4.74 Å². The van der Waals surface area contributed by atoms with Crippen LogP contribution in [0.2, 0.25) is 0 Å². The third kappa shape index (κ3) is 3.79. The molecule has 1 aliphatic rings. The fourth-order valence-corrected chi connectivity index (χ4v) is 3.93. The first kappa shape index (κ1) is 15.2. The van der Waals surface area contributed by atoms with Crippen LogP contribution >= 0.6 is 11.6 Å². The van der Waals surface area contributed by atoms with Gasteiger partial charge in [0.25, 0.3) is 10.2 Å². The second-order valence-corrected chi connectivity index (χ2v) is 6.53. The Balaban J connectivity index is 2.73. The summed E-state index contributed by atoms with van der Waals surface area (Å²) in [4.78, 5) is 0. The summed E-state index contributed by atoms with van der Waals surface area (Å²) in [6.07, 6.45) is 2.80. The van der Waals surface area contributed by atoms with Crippen LogP contribution in [0.3, 0.4) is 0 Å². The number of ether oxygens (including phenoxy) is 1. The van der Waals surface area contributed by atoms with Crippen LogP contribution in [0, 0.1) is 0 Å². The Morgan fingerprint density at radius 3 is 2.76 bits per heavy atom. The van der Waals surface area contributed by atoms with Gasteiger partial charge in [0.15, 0.2) is 0 Å². The van der Waals surface area contributed by atoms with Crippen molar-refractivity contribution in [2.24, 2.45) is 0 Å². The first-order valence-electron chi connectivity index (χ1n) is 5.82. The molecule has 0 saturated carbocycles. The predicted molar refractivity (Wildman–Crippen MR) is 68.5 cm³/mol. The van der Waals surface area contributed by atoms with Crippen LogP contribution in [-0.2, 0) is 14.9 Å². The molecule has 1 rings (SSSR count). The minimum absolute atomic E-state index is 0.0691. The zero-order valence-corrected chi connectivity index (χ0v) is 12.0. The molecule has 5 nitrogen and oxygen atoms in total. The molecule has 0 radical (unpaired) electrons. The molecule has 0 aromatic heterocycles. The Morgan fingerprint density at radius 2 is 2.18 bits per heavy atom. The average Bonchev–Trinajstić information content (AvgIpc) is 2.35. The van der Waals surface area contributed by atoms with E-state index in [9.17, 15) is 8.42 Å². The Kier molecular flexibility index (Phi) is 6.16. The van der Waals surface area contributed by atoms with Gasteiger partial charge in [0, 0.05) is 39.2 Å². The molecule has 1 fully saturated rings. The summed E-state index contributed by atoms with van der Waals surface area (Å²) in [6.45, 7) is 1.33. The summed E-state index contributed by atoms with van der Waals surface area (Å²) in [5, 5.41) is 0. The Hall–Kier alpha value is 0.120. The maximum absolute atomic E-state index is 12.3. The Bertz CT molecular complexity index is 324. The van der Waals surface area contributed by atoms with Crippen LogP contribution in [-0.4, -0.2) is 62.8 Å². The second kappa shape index (κ2) is 6.89. The maximum Gasteiger partial charge on any atom is 0.282 e. The van der Waals surface area contributed by atoms with Crippen molar-refractivity contribution in [1.82, 2.24) is 8.61 Å². The number of hydrogen-bond donors (Lipinski definition) is 0. The molecule has 1 aliphatic heterocycles. The van der Waals surface area contributed by atoms with E-state index in [1.54, 1.807) is 14.2 Å². The number of alkyl halides is 1. The second-order valence-electron chi connectivity index (χ2n) is 4.24. The molecule has 1 saturated heterocycles. The number of nitrogens with zero attached hydrogens (tertiary/aromatic N) is 2. The van der Waals surface area contributed by atoms with Crippen LogP contribution < -0.4 is 0 Å². The number of halogens is 1. The molecule has 0 spiro atoms. The van der Waals surface area contributed by atoms with E-state index in [-0.39, 0.29) is 6.04 Å². The highest BCUT2D eigenvalue weighted by Gasteiger charge is 2.34. The van der Waals surface area contributed by atoms with Gasteiger partial charge in [0.05, 0.1) is 6.61 Å². The van der Waals surface area contributed by atoms with Gasteiger partial charge in [-0.1, -0.05) is 6.42 Å². The smallest absolute Gasteiger partial charge is 0.282 e. The lowest BCUT2D eigenvalue weighted by molar-refractivity contribution is 0.178. The summed E-state index contributed by atoms with van der Waals surface area (Å²) < 4.78 is 32.4. The van der Waals surface area contributed by atoms with Gasteiger partial charge in [-0.3, -0.25) is 0 Å². The molecular formula is C10H21ClN2O3S. The molecule has 0 aliphatic carbocycles. The number of likely N-dealkylation sites (N-methyl/N-ethyl adjacent to an activating group) is 1. The van der Waals surface area contributed by atoms with E-state index in [2.05, 4.69) is 0 Å². The molecule has 0 amide bonds. The third-order valence-electron chi connectivity index (χ3n) is 3.05. The normalized spacial score (nSPS) is 23.2. The van der Waals surface area contributed by atoms with Crippen molar-refractivity contribution in [3.8, 4) is 0 Å². The van der Waals surface area contributed by atoms with E-state index in [4.69, 9.17) is 16.3 Å². The number of methoxy groups -OCH3 is 1. The van der Waals surface area contributed by atoms with Gasteiger partial charge >= 0.3 is 0 Å². The fourth-order valence-electron chi connectivity index (χ4n) is 1.95. The van der Waals surface area contributed by atoms with E-state index in [1.807, 2.05) is 0 Å². The van der Waals surface area contributed by atoms with Gasteiger partial charge in [-0.2, -0.15) is 17.0 Å². The molecule has 17 heavy (non-hydrogen) atoms. The van der Waals surface area contributed by atoms with Crippen molar-refractivity contribution >= 4 is 21.8 Å². The minimum atomic E-state index is -3.39. The van der Waals surface area contributed by atoms with Crippen molar-refractivity contribution in [1.29, 1.82) is 0 Å². The first-order chi connectivity index (χ1) is 8.04. The molecule has 1 heterocycles. The lowest BCUT2D eigenvalue weighted by Gasteiger charge is -2.36. The molecule has 0 N–H and O–H groups in total. The number of hydrogen-bond acceptors (Lipinski definition) is 3. The highest BCUT2D eigenvalue weighted by Crippen LogP contribution is 2.22. The highest BCUT2D eigenvalue weighted by molar-refractivity contribution is 7.86. The summed E-state index contributed by atoms with van der Waals surface area (Å²) in [5.41, 5.74) is 0. The SMILES string of the molecule is COCCN(C)S(=O)(=O)N1CCCCC1CCl.